The highest BCUT2D eigenvalue weighted by Crippen LogP contribution is 2.22. The highest BCUT2D eigenvalue weighted by Gasteiger charge is 2.22. The fourth-order valence-corrected chi connectivity index (χ4v) is 3.20. The minimum atomic E-state index is -0.0799. The summed E-state index contributed by atoms with van der Waals surface area (Å²) in [5.74, 6) is -0.133. The zero-order valence-corrected chi connectivity index (χ0v) is 15.1. The van der Waals surface area contributed by atoms with Gasteiger partial charge in [-0.25, -0.2) is 0 Å². The molecule has 24 heavy (non-hydrogen) atoms. The molecule has 0 unspecified atom stereocenters. The van der Waals surface area contributed by atoms with E-state index >= 15 is 0 Å². The summed E-state index contributed by atoms with van der Waals surface area (Å²) in [6.07, 6.45) is 0. The summed E-state index contributed by atoms with van der Waals surface area (Å²) in [5, 5.41) is 4.07. The van der Waals surface area contributed by atoms with Gasteiger partial charge in [0.25, 0.3) is 5.91 Å². The number of rotatable bonds is 7. The van der Waals surface area contributed by atoms with Crippen molar-refractivity contribution >= 4 is 23.2 Å². The van der Waals surface area contributed by atoms with E-state index in [0.29, 0.717) is 6.54 Å². The standard InChI is InChI=1S/C18H23N3O2S/c1-20(2)17(23)13-21(3)16(22)12-19-18(15-10-7-11-24-15)14-8-5-4-6-9-14/h4-11,18-19H,12-13H2,1-3H3/p+1/t18-/m1/s1. The molecule has 0 aliphatic rings. The van der Waals surface area contributed by atoms with E-state index in [1.807, 2.05) is 35.0 Å². The largest absolute Gasteiger partial charge is 0.347 e. The topological polar surface area (TPSA) is 57.2 Å². The Morgan fingerprint density at radius 1 is 1.04 bits per heavy atom. The number of quaternary nitrogens is 1. The summed E-state index contributed by atoms with van der Waals surface area (Å²) >= 11 is 1.68. The van der Waals surface area contributed by atoms with Crippen LogP contribution >= 0.6 is 11.3 Å². The van der Waals surface area contributed by atoms with Gasteiger partial charge in [0.15, 0.2) is 6.54 Å². The van der Waals surface area contributed by atoms with Crippen LogP contribution in [0.5, 0.6) is 0 Å². The minimum absolute atomic E-state index is 0.0531. The number of thiophene rings is 1. The van der Waals surface area contributed by atoms with Gasteiger partial charge in [0.05, 0.1) is 11.4 Å². The number of carbonyl (C=O) groups excluding carboxylic acids is 2. The number of carbonyl (C=O) groups is 2. The quantitative estimate of drug-likeness (QED) is 0.811. The van der Waals surface area contributed by atoms with E-state index in [2.05, 4.69) is 18.2 Å². The van der Waals surface area contributed by atoms with Crippen molar-refractivity contribution < 1.29 is 14.9 Å². The predicted octanol–water partition coefficient (Wildman–Crippen LogP) is 0.948. The molecule has 1 atom stereocenters. The number of nitrogens with zero attached hydrogens (tertiary/aromatic N) is 2. The maximum Gasteiger partial charge on any atom is 0.277 e. The SMILES string of the molecule is CN(C)C(=O)CN(C)C(=O)C[NH2+][C@H](c1ccccc1)c1cccs1. The van der Waals surface area contributed by atoms with Crippen molar-refractivity contribution in [1.82, 2.24) is 9.80 Å². The van der Waals surface area contributed by atoms with Gasteiger partial charge < -0.3 is 15.1 Å². The minimum Gasteiger partial charge on any atom is -0.347 e. The monoisotopic (exact) mass is 346 g/mol. The Bertz CT molecular complexity index is 656. The van der Waals surface area contributed by atoms with Crippen LogP contribution in [-0.2, 0) is 9.59 Å². The molecule has 128 valence electrons. The van der Waals surface area contributed by atoms with Gasteiger partial charge in [-0.2, -0.15) is 0 Å². The molecule has 0 saturated heterocycles. The van der Waals surface area contributed by atoms with Crippen molar-refractivity contribution in [1.29, 1.82) is 0 Å². The average Bonchev–Trinajstić information content (AvgIpc) is 3.10. The van der Waals surface area contributed by atoms with Crippen LogP contribution < -0.4 is 5.32 Å². The molecule has 1 heterocycles. The number of nitrogens with two attached hydrogens (primary N) is 1. The van der Waals surface area contributed by atoms with Crippen LogP contribution in [0.25, 0.3) is 0 Å². The molecular formula is C18H24N3O2S+. The molecule has 5 nitrogen and oxygen atoms in total. The van der Waals surface area contributed by atoms with Crippen molar-refractivity contribution in [2.45, 2.75) is 6.04 Å². The first-order valence-electron chi connectivity index (χ1n) is 7.85. The highest BCUT2D eigenvalue weighted by atomic mass is 32.1. The fraction of sp³-hybridized carbons (Fsp3) is 0.333. The van der Waals surface area contributed by atoms with Crippen molar-refractivity contribution in [3.05, 3.63) is 58.3 Å². The molecule has 2 rings (SSSR count). The highest BCUT2D eigenvalue weighted by molar-refractivity contribution is 7.10. The Morgan fingerprint density at radius 2 is 1.75 bits per heavy atom. The second-order valence-corrected chi connectivity index (χ2v) is 6.86. The summed E-state index contributed by atoms with van der Waals surface area (Å²) in [7, 11) is 5.05. The average molecular weight is 346 g/mol. The van der Waals surface area contributed by atoms with Crippen LogP contribution in [0.4, 0.5) is 0 Å². The van der Waals surface area contributed by atoms with Gasteiger partial charge in [-0.15, -0.1) is 11.3 Å². The normalized spacial score (nSPS) is 11.8. The smallest absolute Gasteiger partial charge is 0.277 e. The lowest BCUT2D eigenvalue weighted by Gasteiger charge is -2.20. The lowest BCUT2D eigenvalue weighted by molar-refractivity contribution is -0.676. The third-order valence-electron chi connectivity index (χ3n) is 3.83. The van der Waals surface area contributed by atoms with Gasteiger partial charge in [0.2, 0.25) is 5.91 Å². The van der Waals surface area contributed by atoms with Crippen molar-refractivity contribution in [3.8, 4) is 0 Å². The summed E-state index contributed by atoms with van der Waals surface area (Å²) in [4.78, 5) is 28.2. The van der Waals surface area contributed by atoms with E-state index in [1.165, 1.54) is 20.2 Å². The van der Waals surface area contributed by atoms with Gasteiger partial charge in [-0.05, 0) is 11.4 Å². The molecule has 0 spiro atoms. The van der Waals surface area contributed by atoms with Crippen molar-refractivity contribution in [3.63, 3.8) is 0 Å². The van der Waals surface area contributed by atoms with E-state index < -0.39 is 0 Å². The first-order chi connectivity index (χ1) is 11.5. The number of amides is 2. The molecule has 0 saturated carbocycles. The Balaban J connectivity index is 2.01. The molecule has 0 aliphatic carbocycles. The molecule has 0 aliphatic heterocycles. The van der Waals surface area contributed by atoms with Gasteiger partial charge in [0, 0.05) is 26.7 Å². The molecule has 2 N–H and O–H groups in total. The lowest BCUT2D eigenvalue weighted by Crippen LogP contribution is -2.87. The summed E-state index contributed by atoms with van der Waals surface area (Å²) in [6.45, 7) is 0.406. The number of hydrogen-bond acceptors (Lipinski definition) is 3. The van der Waals surface area contributed by atoms with Crippen LogP contribution in [-0.4, -0.2) is 55.8 Å². The number of benzene rings is 1. The number of likely N-dealkylation sites (N-methyl/N-ethyl adjacent to an activating group) is 2. The molecule has 1 aromatic carbocycles. The Labute approximate surface area is 146 Å². The molecule has 6 heteroatoms. The first kappa shape index (κ1) is 18.2. The summed E-state index contributed by atoms with van der Waals surface area (Å²) in [5.41, 5.74) is 1.17. The van der Waals surface area contributed by atoms with Gasteiger partial charge in [0.1, 0.15) is 6.04 Å². The fourth-order valence-electron chi connectivity index (χ4n) is 2.35. The zero-order valence-electron chi connectivity index (χ0n) is 14.3. The maximum atomic E-state index is 12.3. The van der Waals surface area contributed by atoms with Gasteiger partial charge in [-0.3, -0.25) is 9.59 Å². The molecule has 1 aromatic heterocycles. The molecule has 2 aromatic rings. The lowest BCUT2D eigenvalue weighted by atomic mass is 10.1. The van der Waals surface area contributed by atoms with E-state index in [9.17, 15) is 9.59 Å². The summed E-state index contributed by atoms with van der Waals surface area (Å²) < 4.78 is 0. The van der Waals surface area contributed by atoms with Crippen LogP contribution in [0.15, 0.2) is 47.8 Å². The van der Waals surface area contributed by atoms with Crippen LogP contribution in [0.3, 0.4) is 0 Å². The Hall–Kier alpha value is -2.18. The van der Waals surface area contributed by atoms with E-state index in [4.69, 9.17) is 0 Å². The van der Waals surface area contributed by atoms with Crippen LogP contribution in [0.2, 0.25) is 0 Å². The van der Waals surface area contributed by atoms with Gasteiger partial charge >= 0.3 is 0 Å². The van der Waals surface area contributed by atoms with Crippen molar-refractivity contribution in [2.24, 2.45) is 0 Å². The Morgan fingerprint density at radius 3 is 2.33 bits per heavy atom. The van der Waals surface area contributed by atoms with Gasteiger partial charge in [-0.1, -0.05) is 36.4 Å². The predicted molar refractivity (Wildman–Crippen MR) is 95.7 cm³/mol. The molecule has 0 bridgehead atoms. The maximum absolute atomic E-state index is 12.3. The Kier molecular flexibility index (Phi) is 6.52. The second-order valence-electron chi connectivity index (χ2n) is 5.88. The summed E-state index contributed by atoms with van der Waals surface area (Å²) in [6, 6.07) is 14.3. The van der Waals surface area contributed by atoms with Crippen LogP contribution in [0, 0.1) is 0 Å². The second kappa shape index (κ2) is 8.61. The van der Waals surface area contributed by atoms with Crippen molar-refractivity contribution in [2.75, 3.05) is 34.2 Å². The number of hydrogen-bond donors (Lipinski definition) is 1. The third kappa shape index (κ3) is 4.91. The van der Waals surface area contributed by atoms with E-state index in [1.54, 1.807) is 32.5 Å². The molecular weight excluding hydrogens is 322 g/mol. The molecule has 0 radical (unpaired) electrons. The zero-order chi connectivity index (χ0) is 17.5. The third-order valence-corrected chi connectivity index (χ3v) is 4.79. The molecule has 0 fully saturated rings. The first-order valence-corrected chi connectivity index (χ1v) is 8.72. The molecule has 2 amide bonds. The van der Waals surface area contributed by atoms with Crippen LogP contribution in [0.1, 0.15) is 16.5 Å². The van der Waals surface area contributed by atoms with E-state index in [0.717, 1.165) is 0 Å². The van der Waals surface area contributed by atoms with E-state index in [-0.39, 0.29) is 24.4 Å².